The largest absolute Gasteiger partial charge is 0.465 e. The van der Waals surface area contributed by atoms with Gasteiger partial charge in [-0.15, -0.1) is 11.3 Å². The molecule has 3 rings (SSSR count). The average Bonchev–Trinajstić information content (AvgIpc) is 3.06. The van der Waals surface area contributed by atoms with Gasteiger partial charge in [-0.05, 0) is 36.6 Å². The van der Waals surface area contributed by atoms with E-state index in [0.717, 1.165) is 28.2 Å². The predicted octanol–water partition coefficient (Wildman–Crippen LogP) is 6.77. The normalized spacial score (nSPS) is 11.0. The van der Waals surface area contributed by atoms with Crippen LogP contribution >= 0.6 is 34.5 Å². The van der Waals surface area contributed by atoms with Crippen LogP contribution < -0.4 is 0 Å². The van der Waals surface area contributed by atoms with Crippen LogP contribution in [0.25, 0.3) is 21.8 Å². The molecule has 0 aliphatic heterocycles. The number of rotatable bonds is 5. The Morgan fingerprint density at radius 1 is 1.11 bits per heavy atom. The van der Waals surface area contributed by atoms with Crippen LogP contribution in [0, 0.1) is 5.92 Å². The first-order valence-corrected chi connectivity index (χ1v) is 10.1. The zero-order valence-corrected chi connectivity index (χ0v) is 17.6. The Labute approximate surface area is 172 Å². The number of thiazole rings is 1. The summed E-state index contributed by atoms with van der Waals surface area (Å²) < 4.78 is 4.82. The maximum Gasteiger partial charge on any atom is 0.337 e. The highest BCUT2D eigenvalue weighted by atomic mass is 35.5. The van der Waals surface area contributed by atoms with Gasteiger partial charge in [0.15, 0.2) is 0 Å². The third kappa shape index (κ3) is 4.52. The number of halogens is 2. The Hall–Kier alpha value is -1.88. The van der Waals surface area contributed by atoms with Crippen LogP contribution in [-0.2, 0) is 11.2 Å². The summed E-state index contributed by atoms with van der Waals surface area (Å²) >= 11 is 13.9. The van der Waals surface area contributed by atoms with E-state index in [4.69, 9.17) is 32.9 Å². The van der Waals surface area contributed by atoms with Crippen LogP contribution in [0.3, 0.4) is 0 Å². The highest BCUT2D eigenvalue weighted by Gasteiger charge is 2.17. The summed E-state index contributed by atoms with van der Waals surface area (Å²) in [7, 11) is 1.38. The van der Waals surface area contributed by atoms with Crippen molar-refractivity contribution in [3.05, 3.63) is 63.0 Å². The molecule has 0 fully saturated rings. The fraction of sp³-hybridized carbons (Fsp3) is 0.238. The second-order valence-electron chi connectivity index (χ2n) is 6.59. The monoisotopic (exact) mass is 419 g/mol. The molecule has 0 aliphatic rings. The second kappa shape index (κ2) is 8.42. The molecule has 0 aliphatic carbocycles. The van der Waals surface area contributed by atoms with E-state index in [0.29, 0.717) is 21.5 Å². The van der Waals surface area contributed by atoms with Gasteiger partial charge in [0.05, 0.1) is 28.4 Å². The van der Waals surface area contributed by atoms with E-state index >= 15 is 0 Å². The first kappa shape index (κ1) is 19.9. The Morgan fingerprint density at radius 2 is 1.89 bits per heavy atom. The summed E-state index contributed by atoms with van der Waals surface area (Å²) in [5, 5.41) is 1.89. The third-order valence-corrected chi connectivity index (χ3v) is 5.88. The third-order valence-electron chi connectivity index (χ3n) is 4.01. The summed E-state index contributed by atoms with van der Waals surface area (Å²) in [5.74, 6) is 0.127. The van der Waals surface area contributed by atoms with E-state index in [-0.39, 0.29) is 5.97 Å². The topological polar surface area (TPSA) is 39.2 Å². The number of carbonyl (C=O) groups excluding carboxylic acids is 1. The molecular weight excluding hydrogens is 401 g/mol. The Kier molecular flexibility index (Phi) is 6.20. The molecule has 0 saturated carbocycles. The lowest BCUT2D eigenvalue weighted by Gasteiger charge is -2.06. The number of ether oxygens (including phenoxy) is 1. The fourth-order valence-electron chi connectivity index (χ4n) is 2.75. The SMILES string of the molecule is COC(=O)c1cccc(-c2nc(-c3ccc(Cl)c(Cl)c3)c(CC(C)C)s2)c1. The molecule has 0 unspecified atom stereocenters. The average molecular weight is 420 g/mol. The van der Waals surface area contributed by atoms with Crippen LogP contribution in [0.4, 0.5) is 0 Å². The van der Waals surface area contributed by atoms with Crippen molar-refractivity contribution < 1.29 is 9.53 Å². The second-order valence-corrected chi connectivity index (χ2v) is 8.49. The molecule has 3 nitrogen and oxygen atoms in total. The molecule has 0 N–H and O–H groups in total. The molecule has 0 saturated heterocycles. The Bertz CT molecular complexity index is 982. The summed E-state index contributed by atoms with van der Waals surface area (Å²) in [4.78, 5) is 17.9. The van der Waals surface area contributed by atoms with Crippen molar-refractivity contribution in [3.63, 3.8) is 0 Å². The van der Waals surface area contributed by atoms with Crippen LogP contribution in [0.15, 0.2) is 42.5 Å². The standard InChI is InChI=1S/C21H19Cl2NO2S/c1-12(2)9-18-19(13-7-8-16(22)17(23)11-13)24-20(27-18)14-5-4-6-15(10-14)21(25)26-3/h4-8,10-12H,9H2,1-3H3. The maximum absolute atomic E-state index is 11.8. The van der Waals surface area contributed by atoms with Crippen LogP contribution in [0.1, 0.15) is 29.1 Å². The highest BCUT2D eigenvalue weighted by Crippen LogP contribution is 2.37. The van der Waals surface area contributed by atoms with Crippen LogP contribution in [-0.4, -0.2) is 18.1 Å². The summed E-state index contributed by atoms with van der Waals surface area (Å²) in [6.45, 7) is 4.35. The van der Waals surface area contributed by atoms with Crippen molar-refractivity contribution in [2.45, 2.75) is 20.3 Å². The number of nitrogens with zero attached hydrogens (tertiary/aromatic N) is 1. The lowest BCUT2D eigenvalue weighted by atomic mass is 10.0. The van der Waals surface area contributed by atoms with Gasteiger partial charge in [-0.1, -0.05) is 55.2 Å². The fourth-order valence-corrected chi connectivity index (χ4v) is 4.34. The van der Waals surface area contributed by atoms with Crippen molar-refractivity contribution in [1.82, 2.24) is 4.98 Å². The van der Waals surface area contributed by atoms with Gasteiger partial charge in [-0.3, -0.25) is 0 Å². The molecule has 0 bridgehead atoms. The Morgan fingerprint density at radius 3 is 2.56 bits per heavy atom. The summed E-state index contributed by atoms with van der Waals surface area (Å²) in [5.41, 5.74) is 3.24. The molecule has 2 aromatic carbocycles. The van der Waals surface area contributed by atoms with Crippen LogP contribution in [0.2, 0.25) is 10.0 Å². The molecule has 0 spiro atoms. The molecule has 140 valence electrons. The zero-order chi connectivity index (χ0) is 19.6. The summed E-state index contributed by atoms with van der Waals surface area (Å²) in [6, 6.07) is 12.9. The molecule has 6 heteroatoms. The molecule has 1 aromatic heterocycles. The van der Waals surface area contributed by atoms with Gasteiger partial charge in [0.2, 0.25) is 0 Å². The number of esters is 1. The smallest absolute Gasteiger partial charge is 0.337 e. The number of benzene rings is 2. The van der Waals surface area contributed by atoms with Crippen molar-refractivity contribution in [1.29, 1.82) is 0 Å². The quantitative estimate of drug-likeness (QED) is 0.428. The van der Waals surface area contributed by atoms with Crippen molar-refractivity contribution in [3.8, 4) is 21.8 Å². The minimum absolute atomic E-state index is 0.361. The first-order valence-electron chi connectivity index (χ1n) is 8.53. The lowest BCUT2D eigenvalue weighted by molar-refractivity contribution is 0.0601. The number of carbonyl (C=O) groups is 1. The van der Waals surface area contributed by atoms with Gasteiger partial charge >= 0.3 is 5.97 Å². The molecule has 0 atom stereocenters. The van der Waals surface area contributed by atoms with Gasteiger partial charge < -0.3 is 4.74 Å². The van der Waals surface area contributed by atoms with E-state index in [1.165, 1.54) is 12.0 Å². The molecule has 0 radical (unpaired) electrons. The van der Waals surface area contributed by atoms with E-state index in [2.05, 4.69) is 13.8 Å². The molecule has 27 heavy (non-hydrogen) atoms. The minimum Gasteiger partial charge on any atom is -0.465 e. The number of hydrogen-bond donors (Lipinski definition) is 0. The molecule has 3 aromatic rings. The number of methoxy groups -OCH3 is 1. The highest BCUT2D eigenvalue weighted by molar-refractivity contribution is 7.15. The molecular formula is C21H19Cl2NO2S. The maximum atomic E-state index is 11.8. The van der Waals surface area contributed by atoms with Crippen molar-refractivity contribution in [2.75, 3.05) is 7.11 Å². The van der Waals surface area contributed by atoms with Crippen molar-refractivity contribution >= 4 is 40.5 Å². The zero-order valence-electron chi connectivity index (χ0n) is 15.3. The van der Waals surface area contributed by atoms with E-state index in [1.54, 1.807) is 23.5 Å². The van der Waals surface area contributed by atoms with E-state index in [9.17, 15) is 4.79 Å². The molecule has 0 amide bonds. The van der Waals surface area contributed by atoms with Gasteiger partial charge in [0.25, 0.3) is 0 Å². The van der Waals surface area contributed by atoms with Gasteiger partial charge in [-0.25, -0.2) is 9.78 Å². The van der Waals surface area contributed by atoms with E-state index in [1.807, 2.05) is 30.3 Å². The molecule has 1 heterocycles. The van der Waals surface area contributed by atoms with E-state index < -0.39 is 0 Å². The first-order chi connectivity index (χ1) is 12.9. The summed E-state index contributed by atoms with van der Waals surface area (Å²) in [6.07, 6.45) is 0.907. The van der Waals surface area contributed by atoms with Crippen molar-refractivity contribution in [2.24, 2.45) is 5.92 Å². The minimum atomic E-state index is -0.361. The van der Waals surface area contributed by atoms with Gasteiger partial charge in [-0.2, -0.15) is 0 Å². The van der Waals surface area contributed by atoms with Crippen LogP contribution in [0.5, 0.6) is 0 Å². The van der Waals surface area contributed by atoms with Gasteiger partial charge in [0, 0.05) is 16.0 Å². The van der Waals surface area contributed by atoms with Gasteiger partial charge in [0.1, 0.15) is 5.01 Å². The Balaban J connectivity index is 2.09. The lowest BCUT2D eigenvalue weighted by Crippen LogP contribution is -2.00. The number of aromatic nitrogens is 1. The predicted molar refractivity (Wildman–Crippen MR) is 113 cm³/mol. The number of hydrogen-bond acceptors (Lipinski definition) is 4.